The van der Waals surface area contributed by atoms with Crippen LogP contribution in [-0.2, 0) is 14.8 Å². The average Bonchev–Trinajstić information content (AvgIpc) is 2.87. The number of halogens is 1. The minimum atomic E-state index is -3.47. The van der Waals surface area contributed by atoms with Crippen molar-refractivity contribution in [2.45, 2.75) is 43.5 Å². The van der Waals surface area contributed by atoms with Crippen molar-refractivity contribution in [2.75, 3.05) is 20.1 Å². The lowest BCUT2D eigenvalue weighted by Crippen LogP contribution is -2.39. The normalized spacial score (nSPS) is 17.1. The summed E-state index contributed by atoms with van der Waals surface area (Å²) in [5.74, 6) is 0.505. The van der Waals surface area contributed by atoms with Gasteiger partial charge in [0.05, 0.1) is 4.90 Å². The maximum absolute atomic E-state index is 12.0. The van der Waals surface area contributed by atoms with E-state index in [1.165, 1.54) is 0 Å². The minimum absolute atomic E-state index is 0. The lowest BCUT2D eigenvalue weighted by molar-refractivity contribution is -0.131. The van der Waals surface area contributed by atoms with Crippen LogP contribution in [0, 0.1) is 0 Å². The largest absolute Gasteiger partial charge is 0.342 e. The number of rotatable bonds is 8. The Hall–Kier alpha value is -1.64. The number of amides is 1. The number of carbonyl (C=O) groups is 1. The second-order valence-corrected chi connectivity index (χ2v) is 7.88. The fourth-order valence-corrected chi connectivity index (χ4v) is 3.84. The van der Waals surface area contributed by atoms with Crippen LogP contribution in [0.5, 0.6) is 0 Å². The molecule has 1 aliphatic rings. The summed E-state index contributed by atoms with van der Waals surface area (Å²) in [5, 5.41) is 0. The molecular formula is C17H27ClN4O3S. The lowest BCUT2D eigenvalue weighted by atomic mass is 10.1. The molecule has 1 atom stereocenters. The number of unbranched alkanes of at least 4 members (excludes halogenated alkanes) is 2. The van der Waals surface area contributed by atoms with E-state index < -0.39 is 10.0 Å². The van der Waals surface area contributed by atoms with E-state index in [2.05, 4.69) is 9.71 Å². The Bertz CT molecular complexity index is 752. The van der Waals surface area contributed by atoms with Crippen LogP contribution >= 0.6 is 12.4 Å². The Kier molecular flexibility index (Phi) is 8.52. The molecule has 1 amide bonds. The Labute approximate surface area is 161 Å². The van der Waals surface area contributed by atoms with E-state index in [-0.39, 0.29) is 29.3 Å². The quantitative estimate of drug-likeness (QED) is 0.643. The first kappa shape index (κ1) is 22.4. The second kappa shape index (κ2) is 9.89. The third kappa shape index (κ3) is 5.43. The Morgan fingerprint density at radius 2 is 1.96 bits per heavy atom. The average molecular weight is 403 g/mol. The number of nitrogens with one attached hydrogen (secondary N) is 1. The van der Waals surface area contributed by atoms with Crippen molar-refractivity contribution in [1.82, 2.24) is 9.62 Å². The number of nitrogens with zero attached hydrogens (tertiary/aromatic N) is 2. The van der Waals surface area contributed by atoms with E-state index in [1.54, 1.807) is 36.2 Å². The van der Waals surface area contributed by atoms with Crippen molar-refractivity contribution in [3.63, 3.8) is 0 Å². The molecular weight excluding hydrogens is 376 g/mol. The van der Waals surface area contributed by atoms with Crippen molar-refractivity contribution < 1.29 is 13.2 Å². The van der Waals surface area contributed by atoms with Crippen LogP contribution in [-0.4, -0.2) is 51.2 Å². The summed E-state index contributed by atoms with van der Waals surface area (Å²) in [6.07, 6.45) is 2.94. The number of likely N-dealkylation sites (N-methyl/N-ethyl adjacent to an activating group) is 1. The molecule has 2 rings (SSSR count). The van der Waals surface area contributed by atoms with Crippen molar-refractivity contribution in [3.05, 3.63) is 29.8 Å². The molecule has 9 heteroatoms. The Morgan fingerprint density at radius 3 is 2.65 bits per heavy atom. The third-order valence-electron chi connectivity index (χ3n) is 4.38. The molecule has 0 spiro atoms. The smallest absolute Gasteiger partial charge is 0.263 e. The number of benzene rings is 1. The molecule has 0 radical (unpaired) electrons. The number of amidine groups is 1. The summed E-state index contributed by atoms with van der Waals surface area (Å²) < 4.78 is 26.4. The van der Waals surface area contributed by atoms with Gasteiger partial charge >= 0.3 is 0 Å². The molecule has 7 nitrogen and oxygen atoms in total. The van der Waals surface area contributed by atoms with Gasteiger partial charge < -0.3 is 10.6 Å². The number of carbonyl (C=O) groups excluding carboxylic acids is 1. The maximum atomic E-state index is 12.0. The van der Waals surface area contributed by atoms with Gasteiger partial charge in [-0.25, -0.2) is 8.42 Å². The SMILES string of the molecule is CC(CN)N(C)C(=O)CCCCCN=C1NS(=O)(=O)c2ccccc21.Cl. The molecule has 0 fully saturated rings. The number of aliphatic imine (C=N–C) groups is 1. The Balaban J connectivity index is 0.00000338. The summed E-state index contributed by atoms with van der Waals surface area (Å²) in [7, 11) is -1.70. The molecule has 0 saturated carbocycles. The molecule has 1 aliphatic heterocycles. The van der Waals surface area contributed by atoms with Crippen molar-refractivity contribution in [3.8, 4) is 0 Å². The standard InChI is InChI=1S/C17H26N4O3S.ClH/c1-13(12-18)21(2)16(22)10-4-3-7-11-19-17-14-8-5-6-9-15(14)25(23,24)20-17;/h5-6,8-9,13H,3-4,7,10-12,18H2,1-2H3,(H,19,20);1H. The second-order valence-electron chi connectivity index (χ2n) is 6.23. The van der Waals surface area contributed by atoms with Crippen LogP contribution < -0.4 is 10.5 Å². The van der Waals surface area contributed by atoms with E-state index in [9.17, 15) is 13.2 Å². The molecule has 3 N–H and O–H groups in total. The summed E-state index contributed by atoms with van der Waals surface area (Å²) in [6.45, 7) is 2.90. The van der Waals surface area contributed by atoms with E-state index in [0.717, 1.165) is 19.3 Å². The van der Waals surface area contributed by atoms with Gasteiger partial charge in [-0.05, 0) is 31.9 Å². The summed E-state index contributed by atoms with van der Waals surface area (Å²) in [4.78, 5) is 18.3. The first-order valence-corrected chi connectivity index (χ1v) is 9.97. The predicted molar refractivity (Wildman–Crippen MR) is 105 cm³/mol. The highest BCUT2D eigenvalue weighted by Gasteiger charge is 2.29. The number of hydrogen-bond donors (Lipinski definition) is 2. The maximum Gasteiger partial charge on any atom is 0.263 e. The van der Waals surface area contributed by atoms with Crippen LogP contribution in [0.4, 0.5) is 0 Å². The zero-order valence-electron chi connectivity index (χ0n) is 15.1. The van der Waals surface area contributed by atoms with Gasteiger partial charge in [0, 0.05) is 38.2 Å². The highest BCUT2D eigenvalue weighted by Crippen LogP contribution is 2.22. The first-order chi connectivity index (χ1) is 11.9. The predicted octanol–water partition coefficient (Wildman–Crippen LogP) is 1.51. The summed E-state index contributed by atoms with van der Waals surface area (Å²) >= 11 is 0. The minimum Gasteiger partial charge on any atom is -0.342 e. The fraction of sp³-hybridized carbons (Fsp3) is 0.529. The number of fused-ring (bicyclic) bond motifs is 1. The molecule has 1 unspecified atom stereocenters. The van der Waals surface area contributed by atoms with Crippen molar-refractivity contribution in [2.24, 2.45) is 10.7 Å². The van der Waals surface area contributed by atoms with E-state index in [0.29, 0.717) is 30.9 Å². The Morgan fingerprint density at radius 1 is 1.27 bits per heavy atom. The third-order valence-corrected chi connectivity index (χ3v) is 5.77. The van der Waals surface area contributed by atoms with Gasteiger partial charge in [0.15, 0.2) is 0 Å². The van der Waals surface area contributed by atoms with E-state index >= 15 is 0 Å². The molecule has 0 bridgehead atoms. The molecule has 0 aliphatic carbocycles. The first-order valence-electron chi connectivity index (χ1n) is 8.49. The zero-order chi connectivity index (χ0) is 18.4. The topological polar surface area (TPSA) is 105 Å². The van der Waals surface area contributed by atoms with Crippen molar-refractivity contribution >= 4 is 34.2 Å². The van der Waals surface area contributed by atoms with Gasteiger partial charge in [-0.1, -0.05) is 18.6 Å². The number of hydrogen-bond acceptors (Lipinski definition) is 5. The van der Waals surface area contributed by atoms with E-state index in [4.69, 9.17) is 5.73 Å². The van der Waals surface area contributed by atoms with Crippen molar-refractivity contribution in [1.29, 1.82) is 0 Å². The highest BCUT2D eigenvalue weighted by atomic mass is 35.5. The van der Waals surface area contributed by atoms with Crippen LogP contribution in [0.25, 0.3) is 0 Å². The molecule has 1 aromatic rings. The van der Waals surface area contributed by atoms with Crippen LogP contribution in [0.1, 0.15) is 38.2 Å². The number of nitrogens with two attached hydrogens (primary N) is 1. The van der Waals surface area contributed by atoms with Gasteiger partial charge in [-0.3, -0.25) is 14.5 Å². The summed E-state index contributed by atoms with van der Waals surface area (Å²) in [6, 6.07) is 6.86. The van der Waals surface area contributed by atoms with Gasteiger partial charge in [0.2, 0.25) is 5.91 Å². The molecule has 0 saturated heterocycles. The molecule has 1 aromatic carbocycles. The van der Waals surface area contributed by atoms with E-state index in [1.807, 2.05) is 6.92 Å². The van der Waals surface area contributed by atoms with Gasteiger partial charge in [-0.15, -0.1) is 12.4 Å². The van der Waals surface area contributed by atoms with Crippen LogP contribution in [0.3, 0.4) is 0 Å². The summed E-state index contributed by atoms with van der Waals surface area (Å²) in [5.41, 5.74) is 6.18. The van der Waals surface area contributed by atoms with Gasteiger partial charge in [0.25, 0.3) is 10.0 Å². The zero-order valence-corrected chi connectivity index (χ0v) is 16.8. The number of sulfonamides is 1. The lowest BCUT2D eigenvalue weighted by Gasteiger charge is -2.23. The molecule has 1 heterocycles. The van der Waals surface area contributed by atoms with Crippen LogP contribution in [0.15, 0.2) is 34.2 Å². The monoisotopic (exact) mass is 402 g/mol. The molecule has 0 aromatic heterocycles. The fourth-order valence-electron chi connectivity index (χ4n) is 2.59. The molecule has 146 valence electrons. The molecule has 26 heavy (non-hydrogen) atoms. The van der Waals surface area contributed by atoms with Gasteiger partial charge in [-0.2, -0.15) is 0 Å². The van der Waals surface area contributed by atoms with Gasteiger partial charge in [0.1, 0.15) is 5.84 Å². The van der Waals surface area contributed by atoms with Crippen LogP contribution in [0.2, 0.25) is 0 Å². The highest BCUT2D eigenvalue weighted by molar-refractivity contribution is 7.90.